The summed E-state index contributed by atoms with van der Waals surface area (Å²) in [4.78, 5) is 15.1. The maximum absolute atomic E-state index is 13.0. The van der Waals surface area contributed by atoms with Crippen LogP contribution in [0, 0.1) is 0 Å². The SMILES string of the molecule is C/C(=N/N1C(=O)CN(Cc2ccccc2)[C@@H]1c1cccc(Cl)c1)c1ccc(Cl)cc1. The summed E-state index contributed by atoms with van der Waals surface area (Å²) in [7, 11) is 0. The maximum Gasteiger partial charge on any atom is 0.258 e. The fourth-order valence-electron chi connectivity index (χ4n) is 3.62. The van der Waals surface area contributed by atoms with E-state index in [-0.39, 0.29) is 18.6 Å². The normalized spacial score (nSPS) is 17.6. The lowest BCUT2D eigenvalue weighted by Crippen LogP contribution is -2.29. The van der Waals surface area contributed by atoms with Gasteiger partial charge in [-0.2, -0.15) is 5.10 Å². The van der Waals surface area contributed by atoms with Crippen molar-refractivity contribution in [1.29, 1.82) is 0 Å². The Labute approximate surface area is 186 Å². The molecule has 4 nitrogen and oxygen atoms in total. The Bertz CT molecular complexity index is 1070. The van der Waals surface area contributed by atoms with Gasteiger partial charge in [0, 0.05) is 16.6 Å². The van der Waals surface area contributed by atoms with Crippen molar-refractivity contribution in [2.75, 3.05) is 6.54 Å². The molecule has 0 saturated carbocycles. The summed E-state index contributed by atoms with van der Waals surface area (Å²) in [6, 6.07) is 25.1. The van der Waals surface area contributed by atoms with Crippen molar-refractivity contribution in [3.8, 4) is 0 Å². The highest BCUT2D eigenvalue weighted by atomic mass is 35.5. The van der Waals surface area contributed by atoms with E-state index in [2.05, 4.69) is 17.0 Å². The van der Waals surface area contributed by atoms with Crippen molar-refractivity contribution in [3.63, 3.8) is 0 Å². The van der Waals surface area contributed by atoms with E-state index in [0.29, 0.717) is 16.6 Å². The second-order valence-corrected chi connectivity index (χ2v) is 8.12. The molecule has 6 heteroatoms. The predicted octanol–water partition coefficient (Wildman–Crippen LogP) is 5.76. The van der Waals surface area contributed by atoms with Crippen LogP contribution in [0.15, 0.2) is 84.0 Å². The Kier molecular flexibility index (Phi) is 6.18. The van der Waals surface area contributed by atoms with E-state index in [9.17, 15) is 4.79 Å². The number of hydrazone groups is 1. The van der Waals surface area contributed by atoms with Gasteiger partial charge in [0.2, 0.25) is 0 Å². The number of amides is 1. The average molecular weight is 438 g/mol. The second-order valence-electron chi connectivity index (χ2n) is 7.25. The van der Waals surface area contributed by atoms with Gasteiger partial charge in [0.25, 0.3) is 5.91 Å². The number of halogens is 2. The van der Waals surface area contributed by atoms with Crippen LogP contribution < -0.4 is 0 Å². The van der Waals surface area contributed by atoms with E-state index < -0.39 is 0 Å². The summed E-state index contributed by atoms with van der Waals surface area (Å²) >= 11 is 12.3. The van der Waals surface area contributed by atoms with Gasteiger partial charge in [0.1, 0.15) is 6.17 Å². The summed E-state index contributed by atoms with van der Waals surface area (Å²) in [5, 5.41) is 7.57. The van der Waals surface area contributed by atoms with E-state index in [4.69, 9.17) is 28.3 Å². The Morgan fingerprint density at radius 2 is 1.70 bits per heavy atom. The molecule has 0 aromatic heterocycles. The van der Waals surface area contributed by atoms with Crippen LogP contribution in [0.25, 0.3) is 0 Å². The number of carbonyl (C=O) groups excluding carboxylic acids is 1. The molecule has 1 amide bonds. The first kappa shape index (κ1) is 20.6. The first-order valence-corrected chi connectivity index (χ1v) is 10.4. The van der Waals surface area contributed by atoms with Crippen molar-refractivity contribution in [1.82, 2.24) is 9.91 Å². The van der Waals surface area contributed by atoms with Gasteiger partial charge >= 0.3 is 0 Å². The zero-order valence-corrected chi connectivity index (χ0v) is 18.0. The van der Waals surface area contributed by atoms with Gasteiger partial charge in [-0.05, 0) is 47.9 Å². The summed E-state index contributed by atoms with van der Waals surface area (Å²) in [6.07, 6.45) is -0.335. The van der Waals surface area contributed by atoms with Gasteiger partial charge in [-0.15, -0.1) is 0 Å². The van der Waals surface area contributed by atoms with Crippen LogP contribution in [0.1, 0.15) is 29.8 Å². The highest BCUT2D eigenvalue weighted by Crippen LogP contribution is 2.34. The summed E-state index contributed by atoms with van der Waals surface area (Å²) in [6.45, 7) is 2.81. The minimum Gasteiger partial charge on any atom is -0.271 e. The first-order chi connectivity index (χ1) is 14.5. The minimum absolute atomic E-state index is 0.0516. The molecule has 152 valence electrons. The third-order valence-corrected chi connectivity index (χ3v) is 5.55. The maximum atomic E-state index is 13.0. The molecule has 4 rings (SSSR count). The standard InChI is InChI=1S/C24H21Cl2N3O/c1-17(19-10-12-21(25)13-11-19)27-29-23(30)16-28(15-18-6-3-2-4-7-18)24(29)20-8-5-9-22(26)14-20/h2-14,24H,15-16H2,1H3/b27-17-/t24-/m0/s1. The molecule has 1 heterocycles. The smallest absolute Gasteiger partial charge is 0.258 e. The molecule has 3 aromatic rings. The molecular formula is C24H21Cl2N3O. The van der Waals surface area contributed by atoms with Crippen LogP contribution in [0.5, 0.6) is 0 Å². The van der Waals surface area contributed by atoms with Crippen LogP contribution in [-0.2, 0) is 11.3 Å². The second kappa shape index (κ2) is 9.00. The Hall–Kier alpha value is -2.66. The fourth-order valence-corrected chi connectivity index (χ4v) is 3.95. The van der Waals surface area contributed by atoms with Crippen LogP contribution in [0.3, 0.4) is 0 Å². The summed E-state index contributed by atoms with van der Waals surface area (Å²) < 4.78 is 0. The molecule has 1 atom stereocenters. The van der Waals surface area contributed by atoms with Crippen LogP contribution in [0.2, 0.25) is 10.0 Å². The molecule has 0 radical (unpaired) electrons. The zero-order valence-electron chi connectivity index (χ0n) is 16.5. The third-order valence-electron chi connectivity index (χ3n) is 5.07. The van der Waals surface area contributed by atoms with Gasteiger partial charge in [-0.1, -0.05) is 77.8 Å². The van der Waals surface area contributed by atoms with E-state index in [0.717, 1.165) is 22.4 Å². The van der Waals surface area contributed by atoms with Gasteiger partial charge in [-0.3, -0.25) is 9.69 Å². The summed E-state index contributed by atoms with van der Waals surface area (Å²) in [5.41, 5.74) is 3.72. The lowest BCUT2D eigenvalue weighted by molar-refractivity contribution is -0.128. The van der Waals surface area contributed by atoms with Crippen molar-refractivity contribution in [2.24, 2.45) is 5.10 Å². The number of nitrogens with zero attached hydrogens (tertiary/aromatic N) is 3. The topological polar surface area (TPSA) is 35.9 Å². The molecule has 0 N–H and O–H groups in total. The third kappa shape index (κ3) is 4.57. The van der Waals surface area contributed by atoms with Crippen molar-refractivity contribution in [3.05, 3.63) is 106 Å². The lowest BCUT2D eigenvalue weighted by atomic mass is 10.1. The molecular weight excluding hydrogens is 417 g/mol. The molecule has 1 saturated heterocycles. The van der Waals surface area contributed by atoms with E-state index >= 15 is 0 Å². The molecule has 3 aromatic carbocycles. The van der Waals surface area contributed by atoms with Gasteiger partial charge < -0.3 is 0 Å². The van der Waals surface area contributed by atoms with E-state index in [1.165, 1.54) is 0 Å². The zero-order chi connectivity index (χ0) is 21.1. The van der Waals surface area contributed by atoms with Crippen LogP contribution in [0.4, 0.5) is 0 Å². The molecule has 30 heavy (non-hydrogen) atoms. The quantitative estimate of drug-likeness (QED) is 0.475. The Morgan fingerprint density at radius 3 is 2.40 bits per heavy atom. The average Bonchev–Trinajstić information content (AvgIpc) is 3.04. The lowest BCUT2D eigenvalue weighted by Gasteiger charge is -2.28. The monoisotopic (exact) mass is 437 g/mol. The molecule has 0 unspecified atom stereocenters. The molecule has 0 bridgehead atoms. The van der Waals surface area contributed by atoms with E-state index in [1.54, 1.807) is 5.01 Å². The molecule has 1 fully saturated rings. The van der Waals surface area contributed by atoms with Gasteiger partial charge in [0.05, 0.1) is 12.3 Å². The molecule has 1 aliphatic heterocycles. The first-order valence-electron chi connectivity index (χ1n) is 9.68. The number of carbonyl (C=O) groups is 1. The molecule has 1 aliphatic rings. The molecule has 0 spiro atoms. The van der Waals surface area contributed by atoms with E-state index in [1.807, 2.05) is 73.7 Å². The van der Waals surface area contributed by atoms with Crippen molar-refractivity contribution in [2.45, 2.75) is 19.6 Å². The summed E-state index contributed by atoms with van der Waals surface area (Å²) in [5.74, 6) is -0.0516. The highest BCUT2D eigenvalue weighted by molar-refractivity contribution is 6.31. The number of benzene rings is 3. The number of hydrogen-bond donors (Lipinski definition) is 0. The minimum atomic E-state index is -0.335. The van der Waals surface area contributed by atoms with Gasteiger partial charge in [-0.25, -0.2) is 5.01 Å². The number of rotatable bonds is 5. The molecule has 0 aliphatic carbocycles. The van der Waals surface area contributed by atoms with Gasteiger partial charge in [0.15, 0.2) is 0 Å². The fraction of sp³-hybridized carbons (Fsp3) is 0.167. The van der Waals surface area contributed by atoms with Crippen LogP contribution in [-0.4, -0.2) is 28.1 Å². The highest BCUT2D eigenvalue weighted by Gasteiger charge is 2.39. The number of hydrogen-bond acceptors (Lipinski definition) is 3. The predicted molar refractivity (Wildman–Crippen MR) is 122 cm³/mol. The largest absolute Gasteiger partial charge is 0.271 e. The Morgan fingerprint density at radius 1 is 0.967 bits per heavy atom. The van der Waals surface area contributed by atoms with Crippen molar-refractivity contribution >= 4 is 34.8 Å². The van der Waals surface area contributed by atoms with Crippen LogP contribution >= 0.6 is 23.2 Å². The Balaban J connectivity index is 1.71. The van der Waals surface area contributed by atoms with Crippen molar-refractivity contribution < 1.29 is 4.79 Å².